The quantitative estimate of drug-likeness (QED) is 0.612. The van der Waals surface area contributed by atoms with Gasteiger partial charge in [0, 0.05) is 6.04 Å². The molecular formula is C12H25N3O3S. The molecular weight excluding hydrogens is 266 g/mol. The van der Waals surface area contributed by atoms with Crippen LogP contribution in [0.25, 0.3) is 0 Å². The average molecular weight is 291 g/mol. The van der Waals surface area contributed by atoms with Crippen LogP contribution >= 0.6 is 0 Å². The Bertz CT molecular complexity index is 389. The lowest BCUT2D eigenvalue weighted by molar-refractivity contribution is -0.120. The van der Waals surface area contributed by atoms with Crippen molar-refractivity contribution in [2.45, 2.75) is 51.6 Å². The van der Waals surface area contributed by atoms with Crippen molar-refractivity contribution in [2.24, 2.45) is 11.7 Å². The number of nitrogens with one attached hydrogen (secondary N) is 2. The average Bonchev–Trinajstić information content (AvgIpc) is 2.34. The summed E-state index contributed by atoms with van der Waals surface area (Å²) in [4.78, 5) is 11.2. The number of piperidine rings is 1. The molecule has 0 radical (unpaired) electrons. The minimum atomic E-state index is -3.46. The number of primary amides is 1. The molecule has 0 aromatic carbocycles. The van der Waals surface area contributed by atoms with Gasteiger partial charge in [0.25, 0.3) is 0 Å². The lowest BCUT2D eigenvalue weighted by atomic mass is 10.0. The van der Waals surface area contributed by atoms with Crippen LogP contribution in [-0.4, -0.2) is 38.7 Å². The molecule has 1 amide bonds. The van der Waals surface area contributed by atoms with Gasteiger partial charge in [0.2, 0.25) is 15.9 Å². The fraction of sp³-hybridized carbons (Fsp3) is 0.917. The van der Waals surface area contributed by atoms with Gasteiger partial charge in [-0.1, -0.05) is 20.3 Å². The predicted molar refractivity (Wildman–Crippen MR) is 75.0 cm³/mol. The van der Waals surface area contributed by atoms with Crippen LogP contribution in [0.5, 0.6) is 0 Å². The Kier molecular flexibility index (Phi) is 6.22. The lowest BCUT2D eigenvalue weighted by Gasteiger charge is -2.24. The van der Waals surface area contributed by atoms with Gasteiger partial charge >= 0.3 is 0 Å². The van der Waals surface area contributed by atoms with Crippen molar-refractivity contribution in [3.8, 4) is 0 Å². The highest BCUT2D eigenvalue weighted by atomic mass is 32.2. The first kappa shape index (κ1) is 16.4. The summed E-state index contributed by atoms with van der Waals surface area (Å²) >= 11 is 0. The summed E-state index contributed by atoms with van der Waals surface area (Å²) in [5.41, 5.74) is 5.21. The predicted octanol–water partition coefficient (Wildman–Crippen LogP) is -0.0521. The maximum absolute atomic E-state index is 11.9. The zero-order chi connectivity index (χ0) is 14.5. The number of nitrogens with two attached hydrogens (primary N) is 1. The van der Waals surface area contributed by atoms with Crippen LogP contribution in [0.4, 0.5) is 0 Å². The smallest absolute Gasteiger partial charge is 0.235 e. The topological polar surface area (TPSA) is 101 Å². The van der Waals surface area contributed by atoms with E-state index in [9.17, 15) is 13.2 Å². The van der Waals surface area contributed by atoms with Gasteiger partial charge < -0.3 is 11.1 Å². The Hall–Kier alpha value is -0.660. The van der Waals surface area contributed by atoms with Gasteiger partial charge in [-0.3, -0.25) is 4.79 Å². The van der Waals surface area contributed by atoms with Crippen molar-refractivity contribution in [2.75, 3.05) is 12.3 Å². The molecule has 19 heavy (non-hydrogen) atoms. The number of rotatable bonds is 7. The Labute approximate surface area is 115 Å². The monoisotopic (exact) mass is 291 g/mol. The van der Waals surface area contributed by atoms with E-state index in [1.807, 2.05) is 0 Å². The summed E-state index contributed by atoms with van der Waals surface area (Å²) in [6.45, 7) is 4.48. The first-order valence-corrected chi connectivity index (χ1v) is 8.50. The van der Waals surface area contributed by atoms with E-state index >= 15 is 0 Å². The van der Waals surface area contributed by atoms with Crippen molar-refractivity contribution >= 4 is 15.9 Å². The molecule has 1 aliphatic heterocycles. The zero-order valence-corrected chi connectivity index (χ0v) is 12.5. The van der Waals surface area contributed by atoms with Crippen LogP contribution in [-0.2, 0) is 14.8 Å². The standard InChI is InChI=1S/C12H25N3O3S/c1-9(2)11(12(13)16)15-19(17,18)8-6-10-5-3-4-7-14-10/h9-11,14-15H,3-8H2,1-2H3,(H2,13,16). The van der Waals surface area contributed by atoms with Gasteiger partial charge in [-0.25, -0.2) is 13.1 Å². The van der Waals surface area contributed by atoms with E-state index in [-0.39, 0.29) is 17.7 Å². The Morgan fingerprint density at radius 3 is 2.58 bits per heavy atom. The molecule has 2 unspecified atom stereocenters. The number of sulfonamides is 1. The van der Waals surface area contributed by atoms with E-state index in [0.717, 1.165) is 25.8 Å². The zero-order valence-electron chi connectivity index (χ0n) is 11.7. The molecule has 112 valence electrons. The van der Waals surface area contributed by atoms with Crippen molar-refractivity contribution < 1.29 is 13.2 Å². The van der Waals surface area contributed by atoms with Crippen LogP contribution in [0.15, 0.2) is 0 Å². The van der Waals surface area contributed by atoms with Crippen molar-refractivity contribution in [3.63, 3.8) is 0 Å². The van der Waals surface area contributed by atoms with E-state index in [0.29, 0.717) is 6.42 Å². The van der Waals surface area contributed by atoms with E-state index in [2.05, 4.69) is 10.0 Å². The number of carbonyl (C=O) groups excluding carboxylic acids is 1. The second-order valence-electron chi connectivity index (χ2n) is 5.50. The molecule has 4 N–H and O–H groups in total. The molecule has 0 aliphatic carbocycles. The molecule has 1 fully saturated rings. The van der Waals surface area contributed by atoms with Crippen LogP contribution in [0.3, 0.4) is 0 Å². The molecule has 0 bridgehead atoms. The molecule has 1 heterocycles. The molecule has 7 heteroatoms. The molecule has 1 aliphatic rings. The second-order valence-corrected chi connectivity index (χ2v) is 7.37. The SMILES string of the molecule is CC(C)C(NS(=O)(=O)CCC1CCCCN1)C(N)=O. The third-order valence-electron chi connectivity index (χ3n) is 3.43. The van der Waals surface area contributed by atoms with E-state index < -0.39 is 22.0 Å². The van der Waals surface area contributed by atoms with E-state index in [4.69, 9.17) is 5.73 Å². The highest BCUT2D eigenvalue weighted by Crippen LogP contribution is 2.11. The summed E-state index contributed by atoms with van der Waals surface area (Å²) in [6.07, 6.45) is 3.87. The first-order chi connectivity index (χ1) is 8.82. The highest BCUT2D eigenvalue weighted by Gasteiger charge is 2.26. The third kappa shape index (κ3) is 5.88. The second kappa shape index (κ2) is 7.21. The lowest BCUT2D eigenvalue weighted by Crippen LogP contribution is -2.48. The molecule has 0 aromatic rings. The molecule has 0 saturated carbocycles. The first-order valence-electron chi connectivity index (χ1n) is 6.84. The molecule has 0 aromatic heterocycles. The molecule has 0 spiro atoms. The summed E-state index contributed by atoms with van der Waals surface area (Å²) in [5, 5.41) is 3.31. The van der Waals surface area contributed by atoms with Gasteiger partial charge in [0.05, 0.1) is 5.75 Å². The number of carbonyl (C=O) groups is 1. The minimum absolute atomic E-state index is 0.0289. The van der Waals surface area contributed by atoms with Gasteiger partial charge in [0.1, 0.15) is 6.04 Å². The Balaban J connectivity index is 2.48. The summed E-state index contributed by atoms with van der Waals surface area (Å²) in [5.74, 6) is -0.754. The maximum Gasteiger partial charge on any atom is 0.235 e. The number of amides is 1. The van der Waals surface area contributed by atoms with E-state index in [1.165, 1.54) is 0 Å². The maximum atomic E-state index is 11.9. The van der Waals surface area contributed by atoms with Crippen molar-refractivity contribution in [3.05, 3.63) is 0 Å². The number of hydrogen-bond acceptors (Lipinski definition) is 4. The highest BCUT2D eigenvalue weighted by molar-refractivity contribution is 7.89. The molecule has 1 saturated heterocycles. The van der Waals surface area contributed by atoms with Gasteiger partial charge in [0.15, 0.2) is 0 Å². The fourth-order valence-electron chi connectivity index (χ4n) is 2.24. The van der Waals surface area contributed by atoms with Crippen LogP contribution < -0.4 is 15.8 Å². The third-order valence-corrected chi connectivity index (χ3v) is 4.81. The largest absolute Gasteiger partial charge is 0.368 e. The number of hydrogen-bond donors (Lipinski definition) is 3. The van der Waals surface area contributed by atoms with Crippen LogP contribution in [0.2, 0.25) is 0 Å². The molecule has 2 atom stereocenters. The van der Waals surface area contributed by atoms with Gasteiger partial charge in [-0.2, -0.15) is 0 Å². The molecule has 6 nitrogen and oxygen atoms in total. The summed E-state index contributed by atoms with van der Waals surface area (Å²) in [7, 11) is -3.46. The normalized spacial score (nSPS) is 22.4. The van der Waals surface area contributed by atoms with Crippen molar-refractivity contribution in [1.82, 2.24) is 10.0 Å². The summed E-state index contributed by atoms with van der Waals surface area (Å²) in [6, 6.07) is -0.569. The van der Waals surface area contributed by atoms with Gasteiger partial charge in [-0.05, 0) is 31.7 Å². The van der Waals surface area contributed by atoms with Crippen LogP contribution in [0, 0.1) is 5.92 Å². The fourth-order valence-corrected chi connectivity index (χ4v) is 3.73. The summed E-state index contributed by atoms with van der Waals surface area (Å²) < 4.78 is 26.3. The Morgan fingerprint density at radius 2 is 2.11 bits per heavy atom. The Morgan fingerprint density at radius 1 is 1.42 bits per heavy atom. The molecule has 1 rings (SSSR count). The minimum Gasteiger partial charge on any atom is -0.368 e. The van der Waals surface area contributed by atoms with E-state index in [1.54, 1.807) is 13.8 Å². The van der Waals surface area contributed by atoms with Crippen molar-refractivity contribution in [1.29, 1.82) is 0 Å². The van der Waals surface area contributed by atoms with Crippen LogP contribution in [0.1, 0.15) is 39.5 Å². The van der Waals surface area contributed by atoms with Gasteiger partial charge in [-0.15, -0.1) is 0 Å².